The zero-order valence-electron chi connectivity index (χ0n) is 22.9. The van der Waals surface area contributed by atoms with Crippen molar-refractivity contribution in [1.82, 2.24) is 0 Å². The molecule has 5 heteroatoms. The largest absolute Gasteiger partial charge is 0.461 e. The molecular formula is C30H43NO4. The minimum Gasteiger partial charge on any atom is -0.461 e. The van der Waals surface area contributed by atoms with Gasteiger partial charge in [0.25, 0.3) is 0 Å². The number of esters is 2. The molecule has 2 aromatic rings. The van der Waals surface area contributed by atoms with Crippen molar-refractivity contribution in [3.05, 3.63) is 59.2 Å². The van der Waals surface area contributed by atoms with Crippen LogP contribution in [0.5, 0.6) is 5.75 Å². The van der Waals surface area contributed by atoms with Crippen LogP contribution in [0.15, 0.2) is 42.5 Å². The molecule has 192 valence electrons. The fourth-order valence-corrected chi connectivity index (χ4v) is 4.33. The lowest BCUT2D eigenvalue weighted by atomic mass is 9.87. The second kappa shape index (κ2) is 12.8. The first kappa shape index (κ1) is 28.4. The molecule has 0 aliphatic carbocycles. The monoisotopic (exact) mass is 481 g/mol. The average Bonchev–Trinajstić information content (AvgIpc) is 2.78. The summed E-state index contributed by atoms with van der Waals surface area (Å²) in [4.78, 5) is 26.9. The Morgan fingerprint density at radius 1 is 0.829 bits per heavy atom. The van der Waals surface area contributed by atoms with Crippen LogP contribution in [0.3, 0.4) is 0 Å². The van der Waals surface area contributed by atoms with Gasteiger partial charge in [-0.2, -0.15) is 0 Å². The number of rotatable bonds is 11. The second-order valence-electron chi connectivity index (χ2n) is 10.4. The Morgan fingerprint density at radius 3 is 2.00 bits per heavy atom. The molecule has 0 amide bonds. The Labute approximate surface area is 211 Å². The summed E-state index contributed by atoms with van der Waals surface area (Å²) in [6, 6.07) is 15.1. The van der Waals surface area contributed by atoms with Crippen molar-refractivity contribution in [2.24, 2.45) is 11.8 Å². The van der Waals surface area contributed by atoms with Crippen LogP contribution in [0.25, 0.3) is 0 Å². The summed E-state index contributed by atoms with van der Waals surface area (Å²) >= 11 is 0. The highest BCUT2D eigenvalue weighted by Crippen LogP contribution is 2.37. The Balaban J connectivity index is 2.53. The quantitative estimate of drug-likeness (QED) is 0.253. The highest BCUT2D eigenvalue weighted by Gasteiger charge is 2.23. The van der Waals surface area contributed by atoms with Gasteiger partial charge in [0.2, 0.25) is 0 Å². The van der Waals surface area contributed by atoms with Crippen molar-refractivity contribution in [3.63, 3.8) is 0 Å². The first-order valence-electron chi connectivity index (χ1n) is 12.9. The average molecular weight is 482 g/mol. The van der Waals surface area contributed by atoms with E-state index in [1.54, 1.807) is 0 Å². The summed E-state index contributed by atoms with van der Waals surface area (Å²) in [5, 5.41) is 0. The minimum atomic E-state index is -0.264. The van der Waals surface area contributed by atoms with Gasteiger partial charge in [-0.15, -0.1) is 0 Å². The summed E-state index contributed by atoms with van der Waals surface area (Å²) in [5.41, 5.74) is 4.14. The van der Waals surface area contributed by atoms with Gasteiger partial charge >= 0.3 is 11.9 Å². The van der Waals surface area contributed by atoms with E-state index in [0.29, 0.717) is 17.8 Å². The molecule has 0 N–H and O–H groups in total. The number of nitrogens with zero attached hydrogens (tertiary/aromatic N) is 1. The van der Waals surface area contributed by atoms with Crippen molar-refractivity contribution in [3.8, 4) is 5.75 Å². The van der Waals surface area contributed by atoms with Crippen LogP contribution in [0.1, 0.15) is 91.3 Å². The molecule has 0 aromatic heterocycles. The zero-order valence-corrected chi connectivity index (χ0v) is 22.9. The molecule has 0 saturated heterocycles. The smallest absolute Gasteiger partial charge is 0.313 e. The fourth-order valence-electron chi connectivity index (χ4n) is 4.33. The van der Waals surface area contributed by atoms with Gasteiger partial charge in [0.1, 0.15) is 12.4 Å². The van der Waals surface area contributed by atoms with E-state index < -0.39 is 0 Å². The van der Waals surface area contributed by atoms with E-state index in [-0.39, 0.29) is 36.3 Å². The molecule has 0 aliphatic rings. The Morgan fingerprint density at radius 2 is 1.46 bits per heavy atom. The molecule has 5 nitrogen and oxygen atoms in total. The van der Waals surface area contributed by atoms with Crippen LogP contribution in [0.4, 0.5) is 5.69 Å². The van der Waals surface area contributed by atoms with Crippen molar-refractivity contribution < 1.29 is 19.1 Å². The van der Waals surface area contributed by atoms with Crippen LogP contribution >= 0.6 is 0 Å². The van der Waals surface area contributed by atoms with Gasteiger partial charge in [-0.1, -0.05) is 52.8 Å². The maximum atomic E-state index is 12.5. The summed E-state index contributed by atoms with van der Waals surface area (Å²) < 4.78 is 11.3. The molecular weight excluding hydrogens is 438 g/mol. The first-order chi connectivity index (χ1) is 16.5. The van der Waals surface area contributed by atoms with E-state index in [1.807, 2.05) is 45.9 Å². The summed E-state index contributed by atoms with van der Waals surface area (Å²) in [7, 11) is 0. The summed E-state index contributed by atoms with van der Waals surface area (Å²) in [5.74, 6) is -0.333. The normalized spacial score (nSPS) is 12.4. The van der Waals surface area contributed by atoms with E-state index in [1.165, 1.54) is 5.69 Å². The zero-order chi connectivity index (χ0) is 26.3. The molecule has 2 rings (SSSR count). The van der Waals surface area contributed by atoms with Gasteiger partial charge in [-0.3, -0.25) is 9.59 Å². The van der Waals surface area contributed by atoms with Crippen LogP contribution in [0.2, 0.25) is 0 Å². The Kier molecular flexibility index (Phi) is 10.4. The second-order valence-corrected chi connectivity index (χ2v) is 10.4. The summed E-state index contributed by atoms with van der Waals surface area (Å²) in [6.07, 6.45) is 0.828. The minimum absolute atomic E-state index is 0.0202. The third kappa shape index (κ3) is 7.58. The molecule has 35 heavy (non-hydrogen) atoms. The maximum absolute atomic E-state index is 12.5. The maximum Gasteiger partial charge on any atom is 0.313 e. The van der Waals surface area contributed by atoms with Crippen LogP contribution in [-0.4, -0.2) is 24.0 Å². The van der Waals surface area contributed by atoms with Crippen molar-refractivity contribution in [2.75, 3.05) is 4.90 Å². The number of benzene rings is 2. The molecule has 0 fully saturated rings. The number of ether oxygens (including phenoxy) is 2. The highest BCUT2D eigenvalue weighted by atomic mass is 16.5. The fraction of sp³-hybridized carbons (Fsp3) is 0.533. The predicted molar refractivity (Wildman–Crippen MR) is 143 cm³/mol. The number of hydrogen-bond donors (Lipinski definition) is 0. The molecule has 1 unspecified atom stereocenters. The molecule has 0 radical (unpaired) electrons. The SMILES string of the molecule is CCC(c1cccc(N(C(C)C)C(C)C)c1)c1cc(COC(=O)C(C)C)ccc1OC(=O)C(C)C. The van der Waals surface area contributed by atoms with Gasteiger partial charge in [0, 0.05) is 29.3 Å². The van der Waals surface area contributed by atoms with Crippen molar-refractivity contribution in [1.29, 1.82) is 0 Å². The lowest BCUT2D eigenvalue weighted by Crippen LogP contribution is -2.37. The molecule has 2 aromatic carbocycles. The molecule has 0 aliphatic heterocycles. The Hall–Kier alpha value is -2.82. The molecule has 0 saturated carbocycles. The number of anilines is 1. The van der Waals surface area contributed by atoms with Gasteiger partial charge < -0.3 is 14.4 Å². The predicted octanol–water partition coefficient (Wildman–Crippen LogP) is 7.11. The van der Waals surface area contributed by atoms with Crippen molar-refractivity contribution in [2.45, 2.75) is 93.3 Å². The third-order valence-corrected chi connectivity index (χ3v) is 6.08. The summed E-state index contributed by atoms with van der Waals surface area (Å²) in [6.45, 7) is 18.4. The third-order valence-electron chi connectivity index (χ3n) is 6.08. The van der Waals surface area contributed by atoms with Gasteiger partial charge in [0.05, 0.1) is 11.8 Å². The first-order valence-corrected chi connectivity index (χ1v) is 12.9. The number of carbonyl (C=O) groups is 2. The lowest BCUT2D eigenvalue weighted by Gasteiger charge is -2.34. The topological polar surface area (TPSA) is 55.8 Å². The molecule has 0 bridgehead atoms. The van der Waals surface area contributed by atoms with Crippen LogP contribution < -0.4 is 9.64 Å². The molecule has 1 atom stereocenters. The van der Waals surface area contributed by atoms with Gasteiger partial charge in [-0.05, 0) is 69.5 Å². The van der Waals surface area contributed by atoms with E-state index in [2.05, 4.69) is 63.8 Å². The van der Waals surface area contributed by atoms with E-state index in [9.17, 15) is 9.59 Å². The van der Waals surface area contributed by atoms with Crippen LogP contribution in [-0.2, 0) is 20.9 Å². The standard InChI is InChI=1S/C30H43NO4/c1-10-26(24-12-11-13-25(17-24)31(21(6)7)22(8)9)27-16-23(18-34-29(32)19(2)3)14-15-28(27)35-30(33)20(4)5/h11-17,19-22,26H,10,18H2,1-9H3. The molecule has 0 spiro atoms. The Bertz CT molecular complexity index is 986. The van der Waals surface area contributed by atoms with E-state index in [4.69, 9.17) is 9.47 Å². The van der Waals surface area contributed by atoms with Gasteiger partial charge in [0.15, 0.2) is 0 Å². The highest BCUT2D eigenvalue weighted by molar-refractivity contribution is 5.75. The molecule has 0 heterocycles. The van der Waals surface area contributed by atoms with Crippen molar-refractivity contribution >= 4 is 17.6 Å². The van der Waals surface area contributed by atoms with Crippen LogP contribution in [0, 0.1) is 11.8 Å². The van der Waals surface area contributed by atoms with E-state index >= 15 is 0 Å². The van der Waals surface area contributed by atoms with E-state index in [0.717, 1.165) is 23.1 Å². The lowest BCUT2D eigenvalue weighted by molar-refractivity contribution is -0.148. The number of carbonyl (C=O) groups excluding carboxylic acids is 2. The number of hydrogen-bond acceptors (Lipinski definition) is 5. The van der Waals surface area contributed by atoms with Gasteiger partial charge in [-0.25, -0.2) is 0 Å².